The Morgan fingerprint density at radius 2 is 2.00 bits per heavy atom. The van der Waals surface area contributed by atoms with Crippen LogP contribution in [0.4, 0.5) is 10.1 Å². The first kappa shape index (κ1) is 18.3. The molecule has 1 aromatic carbocycles. The Balaban J connectivity index is 1.71. The number of carbonyl (C=O) groups excluding carboxylic acids is 1. The standard InChI is InChI=1S/C19H18BrFN4O/c1-2-25(12-18(26)23-10-13-3-5-15(21)6-4-13)17-7-8-22-16-9-14(20)11-24-19(16)17/h3-9,11H,2,10,12H2,1H3,(H,23,26). The maximum Gasteiger partial charge on any atom is 0.239 e. The van der Waals surface area contributed by atoms with Gasteiger partial charge >= 0.3 is 0 Å². The van der Waals surface area contributed by atoms with E-state index < -0.39 is 0 Å². The van der Waals surface area contributed by atoms with Gasteiger partial charge in [-0.3, -0.25) is 14.8 Å². The number of nitrogens with zero attached hydrogens (tertiary/aromatic N) is 3. The summed E-state index contributed by atoms with van der Waals surface area (Å²) in [7, 11) is 0. The number of likely N-dealkylation sites (N-methyl/N-ethyl adjacent to an activating group) is 1. The number of benzene rings is 1. The molecule has 0 aliphatic carbocycles. The average Bonchev–Trinajstić information content (AvgIpc) is 2.65. The Morgan fingerprint density at radius 1 is 1.23 bits per heavy atom. The molecule has 0 saturated carbocycles. The van der Waals surface area contributed by atoms with Crippen molar-refractivity contribution >= 4 is 38.6 Å². The third-order valence-corrected chi connectivity index (χ3v) is 4.42. The number of hydrogen-bond acceptors (Lipinski definition) is 4. The molecule has 0 aliphatic rings. The highest BCUT2D eigenvalue weighted by molar-refractivity contribution is 9.10. The molecule has 0 atom stereocenters. The normalized spacial score (nSPS) is 10.7. The lowest BCUT2D eigenvalue weighted by molar-refractivity contribution is -0.119. The minimum absolute atomic E-state index is 0.113. The van der Waals surface area contributed by atoms with Gasteiger partial charge in [-0.15, -0.1) is 0 Å². The van der Waals surface area contributed by atoms with Crippen LogP contribution in [-0.4, -0.2) is 29.0 Å². The molecule has 3 rings (SSSR count). The van der Waals surface area contributed by atoms with Gasteiger partial charge in [0.25, 0.3) is 0 Å². The van der Waals surface area contributed by atoms with Crippen molar-refractivity contribution in [2.45, 2.75) is 13.5 Å². The third-order valence-electron chi connectivity index (χ3n) is 3.98. The highest BCUT2D eigenvalue weighted by Gasteiger charge is 2.14. The summed E-state index contributed by atoms with van der Waals surface area (Å²) in [6.45, 7) is 3.20. The van der Waals surface area contributed by atoms with E-state index in [-0.39, 0.29) is 18.3 Å². The fourth-order valence-electron chi connectivity index (χ4n) is 2.65. The van der Waals surface area contributed by atoms with Crippen LogP contribution in [-0.2, 0) is 11.3 Å². The summed E-state index contributed by atoms with van der Waals surface area (Å²) in [6, 6.07) is 9.84. The molecule has 0 saturated heterocycles. The molecule has 5 nitrogen and oxygen atoms in total. The molecular formula is C19H18BrFN4O. The monoisotopic (exact) mass is 416 g/mol. The van der Waals surface area contributed by atoms with Crippen LogP contribution in [0.2, 0.25) is 0 Å². The number of halogens is 2. The lowest BCUT2D eigenvalue weighted by Crippen LogP contribution is -2.37. The summed E-state index contributed by atoms with van der Waals surface area (Å²) >= 11 is 3.39. The van der Waals surface area contributed by atoms with Crippen LogP contribution in [0.5, 0.6) is 0 Å². The predicted octanol–water partition coefficient (Wildman–Crippen LogP) is 3.67. The Hall–Kier alpha value is -2.54. The molecule has 2 heterocycles. The molecule has 7 heteroatoms. The first-order valence-electron chi connectivity index (χ1n) is 8.23. The van der Waals surface area contributed by atoms with Crippen molar-refractivity contribution in [3.05, 3.63) is 64.6 Å². The van der Waals surface area contributed by atoms with Crippen LogP contribution in [0.15, 0.2) is 53.3 Å². The van der Waals surface area contributed by atoms with Crippen molar-refractivity contribution in [3.63, 3.8) is 0 Å². The van der Waals surface area contributed by atoms with Gasteiger partial charge < -0.3 is 10.2 Å². The molecule has 0 unspecified atom stereocenters. The Labute approximate surface area is 159 Å². The van der Waals surface area contributed by atoms with Gasteiger partial charge in [-0.05, 0) is 52.7 Å². The maximum atomic E-state index is 12.9. The van der Waals surface area contributed by atoms with Crippen molar-refractivity contribution < 1.29 is 9.18 Å². The number of amides is 1. The van der Waals surface area contributed by atoms with E-state index in [2.05, 4.69) is 31.2 Å². The molecule has 0 bridgehead atoms. The number of carbonyl (C=O) groups is 1. The third kappa shape index (κ3) is 4.35. The topological polar surface area (TPSA) is 58.1 Å². The van der Waals surface area contributed by atoms with Gasteiger partial charge in [0.05, 0.1) is 17.7 Å². The molecule has 0 fully saturated rings. The van der Waals surface area contributed by atoms with E-state index in [1.807, 2.05) is 24.0 Å². The average molecular weight is 417 g/mol. The molecule has 2 aromatic heterocycles. The number of rotatable bonds is 6. The molecule has 134 valence electrons. The van der Waals surface area contributed by atoms with E-state index in [1.165, 1.54) is 12.1 Å². The van der Waals surface area contributed by atoms with E-state index in [9.17, 15) is 9.18 Å². The van der Waals surface area contributed by atoms with Gasteiger partial charge in [0.15, 0.2) is 0 Å². The van der Waals surface area contributed by atoms with Crippen molar-refractivity contribution in [2.75, 3.05) is 18.0 Å². The van der Waals surface area contributed by atoms with E-state index in [0.717, 1.165) is 26.8 Å². The van der Waals surface area contributed by atoms with E-state index in [1.54, 1.807) is 24.5 Å². The highest BCUT2D eigenvalue weighted by Crippen LogP contribution is 2.25. The minimum Gasteiger partial charge on any atom is -0.361 e. The lowest BCUT2D eigenvalue weighted by Gasteiger charge is -2.23. The summed E-state index contributed by atoms with van der Waals surface area (Å²) in [5.74, 6) is -0.404. The van der Waals surface area contributed by atoms with Crippen LogP contribution in [0.3, 0.4) is 0 Å². The lowest BCUT2D eigenvalue weighted by atomic mass is 10.2. The Bertz CT molecular complexity index is 917. The first-order valence-corrected chi connectivity index (χ1v) is 9.02. The number of aromatic nitrogens is 2. The zero-order valence-corrected chi connectivity index (χ0v) is 15.8. The Kier molecular flexibility index (Phi) is 5.78. The van der Waals surface area contributed by atoms with Gasteiger partial charge in [0, 0.05) is 30.0 Å². The SMILES string of the molecule is CCN(CC(=O)NCc1ccc(F)cc1)c1ccnc2cc(Br)cnc12. The first-order chi connectivity index (χ1) is 12.6. The summed E-state index contributed by atoms with van der Waals surface area (Å²) in [5.41, 5.74) is 3.23. The van der Waals surface area contributed by atoms with Crippen molar-refractivity contribution in [2.24, 2.45) is 0 Å². The second kappa shape index (κ2) is 8.23. The van der Waals surface area contributed by atoms with Gasteiger partial charge in [0.1, 0.15) is 11.3 Å². The molecule has 1 amide bonds. The summed E-state index contributed by atoms with van der Waals surface area (Å²) in [6.07, 6.45) is 3.43. The number of hydrogen-bond donors (Lipinski definition) is 1. The van der Waals surface area contributed by atoms with E-state index >= 15 is 0 Å². The highest BCUT2D eigenvalue weighted by atomic mass is 79.9. The van der Waals surface area contributed by atoms with Crippen LogP contribution >= 0.6 is 15.9 Å². The molecule has 3 aromatic rings. The molecule has 0 aliphatic heterocycles. The molecular weight excluding hydrogens is 399 g/mol. The number of pyridine rings is 2. The van der Waals surface area contributed by atoms with Crippen molar-refractivity contribution in [1.29, 1.82) is 0 Å². The van der Waals surface area contributed by atoms with Crippen LogP contribution in [0.1, 0.15) is 12.5 Å². The zero-order valence-electron chi connectivity index (χ0n) is 14.2. The number of anilines is 1. The second-order valence-corrected chi connectivity index (χ2v) is 6.68. The summed E-state index contributed by atoms with van der Waals surface area (Å²) in [4.78, 5) is 23.1. The number of fused-ring (bicyclic) bond motifs is 1. The minimum atomic E-state index is -0.291. The molecule has 0 radical (unpaired) electrons. The van der Waals surface area contributed by atoms with Crippen molar-refractivity contribution in [3.8, 4) is 0 Å². The van der Waals surface area contributed by atoms with Crippen LogP contribution < -0.4 is 10.2 Å². The molecule has 1 N–H and O–H groups in total. The fourth-order valence-corrected chi connectivity index (χ4v) is 2.97. The quantitative estimate of drug-likeness (QED) is 0.665. The van der Waals surface area contributed by atoms with Gasteiger partial charge in [0.2, 0.25) is 5.91 Å². The van der Waals surface area contributed by atoms with E-state index in [0.29, 0.717) is 13.1 Å². The summed E-state index contributed by atoms with van der Waals surface area (Å²) < 4.78 is 13.8. The van der Waals surface area contributed by atoms with E-state index in [4.69, 9.17) is 0 Å². The van der Waals surface area contributed by atoms with Crippen molar-refractivity contribution in [1.82, 2.24) is 15.3 Å². The van der Waals surface area contributed by atoms with Crippen LogP contribution in [0, 0.1) is 5.82 Å². The fraction of sp³-hybridized carbons (Fsp3) is 0.211. The van der Waals surface area contributed by atoms with Gasteiger partial charge in [-0.25, -0.2) is 4.39 Å². The molecule has 0 spiro atoms. The maximum absolute atomic E-state index is 12.9. The summed E-state index contributed by atoms with van der Waals surface area (Å²) in [5, 5.41) is 2.86. The van der Waals surface area contributed by atoms with Gasteiger partial charge in [-0.1, -0.05) is 12.1 Å². The second-order valence-electron chi connectivity index (χ2n) is 5.77. The molecule has 26 heavy (non-hydrogen) atoms. The van der Waals surface area contributed by atoms with Gasteiger partial charge in [-0.2, -0.15) is 0 Å². The van der Waals surface area contributed by atoms with Crippen LogP contribution in [0.25, 0.3) is 11.0 Å². The largest absolute Gasteiger partial charge is 0.361 e. The zero-order chi connectivity index (χ0) is 18.5. The Morgan fingerprint density at radius 3 is 2.73 bits per heavy atom. The predicted molar refractivity (Wildman–Crippen MR) is 103 cm³/mol. The number of nitrogens with one attached hydrogen (secondary N) is 1. The smallest absolute Gasteiger partial charge is 0.239 e.